The highest BCUT2D eigenvalue weighted by molar-refractivity contribution is 4.42. The van der Waals surface area contributed by atoms with Crippen LogP contribution in [0.25, 0.3) is 0 Å². The van der Waals surface area contributed by atoms with Crippen molar-refractivity contribution < 1.29 is 14.9 Å². The summed E-state index contributed by atoms with van der Waals surface area (Å²) in [6.07, 6.45) is -0.801. The molecule has 0 bridgehead atoms. The second-order valence-electron chi connectivity index (χ2n) is 2.14. The molecule has 0 aliphatic carbocycles. The molecule has 0 aliphatic heterocycles. The van der Waals surface area contributed by atoms with Crippen LogP contribution < -0.4 is 0 Å². The lowest BCUT2D eigenvalue weighted by Crippen LogP contribution is -2.18. The molecule has 0 aromatic rings. The summed E-state index contributed by atoms with van der Waals surface area (Å²) >= 11 is 0. The summed E-state index contributed by atoms with van der Waals surface area (Å²) in [7, 11) is 0. The van der Waals surface area contributed by atoms with E-state index in [9.17, 15) is 0 Å². The van der Waals surface area contributed by atoms with Crippen LogP contribution in [0.2, 0.25) is 0 Å². The van der Waals surface area contributed by atoms with Gasteiger partial charge < -0.3 is 5.11 Å². The maximum atomic E-state index is 8.91. The molecule has 0 amide bonds. The molecule has 0 aromatic heterocycles. The van der Waals surface area contributed by atoms with Crippen LogP contribution in [-0.4, -0.2) is 18.0 Å². The molecule has 0 aliphatic rings. The van der Waals surface area contributed by atoms with Crippen LogP contribution in [0, 0.1) is 5.92 Å². The first-order valence-electron chi connectivity index (χ1n) is 3.14. The Bertz CT molecular complexity index is 63.3. The molecule has 0 fully saturated rings. The second kappa shape index (κ2) is 4.73. The fourth-order valence-electron chi connectivity index (χ4n) is 0.249. The molecule has 0 radical (unpaired) electrons. The van der Waals surface area contributed by atoms with Gasteiger partial charge in [-0.15, -0.1) is 0 Å². The van der Waals surface area contributed by atoms with E-state index in [1.807, 2.05) is 13.8 Å². The van der Waals surface area contributed by atoms with E-state index in [-0.39, 0.29) is 5.92 Å². The third-order valence-electron chi connectivity index (χ3n) is 0.855. The zero-order valence-corrected chi connectivity index (χ0v) is 6.13. The molecule has 0 heterocycles. The van der Waals surface area contributed by atoms with Gasteiger partial charge in [-0.2, -0.15) is 0 Å². The molecule has 1 N–H and O–H groups in total. The van der Waals surface area contributed by atoms with Crippen molar-refractivity contribution in [1.82, 2.24) is 0 Å². The minimum absolute atomic E-state index is 0.0801. The van der Waals surface area contributed by atoms with Gasteiger partial charge in [0.05, 0.1) is 6.61 Å². The predicted octanol–water partition coefficient (Wildman–Crippen LogP) is 0.929. The number of rotatable bonds is 4. The zero-order valence-electron chi connectivity index (χ0n) is 6.13. The van der Waals surface area contributed by atoms with Gasteiger partial charge in [-0.05, 0) is 6.92 Å². The monoisotopic (exact) mass is 134 g/mol. The zero-order chi connectivity index (χ0) is 7.28. The summed E-state index contributed by atoms with van der Waals surface area (Å²) in [6.45, 7) is 5.96. The van der Waals surface area contributed by atoms with Crippen LogP contribution in [0.5, 0.6) is 0 Å². The van der Waals surface area contributed by atoms with Crippen molar-refractivity contribution in [2.75, 3.05) is 6.61 Å². The second-order valence-corrected chi connectivity index (χ2v) is 2.14. The van der Waals surface area contributed by atoms with Gasteiger partial charge in [0.25, 0.3) is 0 Å². The topological polar surface area (TPSA) is 38.7 Å². The summed E-state index contributed by atoms with van der Waals surface area (Å²) in [5, 5.41) is 8.91. The van der Waals surface area contributed by atoms with Gasteiger partial charge in [0, 0.05) is 5.92 Å². The fraction of sp³-hybridized carbons (Fsp3) is 1.00. The van der Waals surface area contributed by atoms with Crippen molar-refractivity contribution in [3.8, 4) is 0 Å². The maximum absolute atomic E-state index is 8.91. The maximum Gasteiger partial charge on any atom is 0.190 e. The largest absolute Gasteiger partial charge is 0.365 e. The van der Waals surface area contributed by atoms with Crippen LogP contribution in [-0.2, 0) is 9.78 Å². The number of aliphatic hydroxyl groups is 1. The standard InChI is InChI=1S/C6H14O3/c1-4-8-9-6(7)5(2)3/h5-7H,4H2,1-3H3. The highest BCUT2D eigenvalue weighted by Gasteiger charge is 2.08. The fourth-order valence-corrected chi connectivity index (χ4v) is 0.249. The molecule has 0 spiro atoms. The summed E-state index contributed by atoms with van der Waals surface area (Å²) < 4.78 is 0. The number of hydrogen-bond donors (Lipinski definition) is 1. The average Bonchev–Trinajstić information content (AvgIpc) is 1.82. The van der Waals surface area contributed by atoms with E-state index in [2.05, 4.69) is 9.78 Å². The van der Waals surface area contributed by atoms with Crippen LogP contribution in [0.15, 0.2) is 0 Å². The smallest absolute Gasteiger partial charge is 0.190 e. The first-order valence-corrected chi connectivity index (χ1v) is 3.14. The molecule has 0 saturated heterocycles. The number of aliphatic hydroxyl groups excluding tert-OH is 1. The van der Waals surface area contributed by atoms with Crippen LogP contribution >= 0.6 is 0 Å². The summed E-state index contributed by atoms with van der Waals surface area (Å²) in [4.78, 5) is 9.01. The Morgan fingerprint density at radius 2 is 2.00 bits per heavy atom. The molecule has 56 valence electrons. The highest BCUT2D eigenvalue weighted by Crippen LogP contribution is 2.01. The van der Waals surface area contributed by atoms with Crippen molar-refractivity contribution >= 4 is 0 Å². The number of hydrogen-bond acceptors (Lipinski definition) is 3. The minimum atomic E-state index is -0.801. The quantitative estimate of drug-likeness (QED) is 0.353. The van der Waals surface area contributed by atoms with Crippen LogP contribution in [0.4, 0.5) is 0 Å². The summed E-state index contributed by atoms with van der Waals surface area (Å²) in [5.41, 5.74) is 0. The Kier molecular flexibility index (Phi) is 4.67. The molecule has 0 aromatic carbocycles. The van der Waals surface area contributed by atoms with Crippen molar-refractivity contribution in [2.24, 2.45) is 5.92 Å². The molecule has 1 unspecified atom stereocenters. The predicted molar refractivity (Wildman–Crippen MR) is 33.6 cm³/mol. The lowest BCUT2D eigenvalue weighted by atomic mass is 10.2. The van der Waals surface area contributed by atoms with Crippen LogP contribution in [0.1, 0.15) is 20.8 Å². The third kappa shape index (κ3) is 4.39. The van der Waals surface area contributed by atoms with E-state index < -0.39 is 6.29 Å². The molecule has 3 heteroatoms. The lowest BCUT2D eigenvalue weighted by molar-refractivity contribution is -0.376. The van der Waals surface area contributed by atoms with Crippen molar-refractivity contribution in [3.05, 3.63) is 0 Å². The Balaban J connectivity index is 3.16. The Morgan fingerprint density at radius 3 is 2.33 bits per heavy atom. The van der Waals surface area contributed by atoms with E-state index in [1.165, 1.54) is 0 Å². The van der Waals surface area contributed by atoms with Gasteiger partial charge in [0.15, 0.2) is 6.29 Å². The van der Waals surface area contributed by atoms with Crippen molar-refractivity contribution in [2.45, 2.75) is 27.1 Å². The highest BCUT2D eigenvalue weighted by atomic mass is 17.2. The molecule has 0 saturated carbocycles. The van der Waals surface area contributed by atoms with E-state index >= 15 is 0 Å². The molecule has 9 heavy (non-hydrogen) atoms. The van der Waals surface area contributed by atoms with Crippen LogP contribution in [0.3, 0.4) is 0 Å². The molecule has 0 rings (SSSR count). The molecule has 1 atom stereocenters. The van der Waals surface area contributed by atoms with E-state index in [0.29, 0.717) is 6.61 Å². The SMILES string of the molecule is CCOOC(O)C(C)C. The van der Waals surface area contributed by atoms with Crippen molar-refractivity contribution in [1.29, 1.82) is 0 Å². The molecular weight excluding hydrogens is 120 g/mol. The van der Waals surface area contributed by atoms with Gasteiger partial charge >= 0.3 is 0 Å². The van der Waals surface area contributed by atoms with E-state index in [1.54, 1.807) is 6.92 Å². The van der Waals surface area contributed by atoms with Crippen molar-refractivity contribution in [3.63, 3.8) is 0 Å². The Hall–Kier alpha value is -0.120. The summed E-state index contributed by atoms with van der Waals surface area (Å²) in [5.74, 6) is 0.0801. The normalized spacial score (nSPS) is 14.3. The van der Waals surface area contributed by atoms with Gasteiger partial charge in [-0.25, -0.2) is 9.78 Å². The molecular formula is C6H14O3. The Morgan fingerprint density at radius 1 is 1.44 bits per heavy atom. The first-order chi connectivity index (χ1) is 4.18. The third-order valence-corrected chi connectivity index (χ3v) is 0.855. The average molecular weight is 134 g/mol. The van der Waals surface area contributed by atoms with Gasteiger partial charge in [0.2, 0.25) is 0 Å². The Labute approximate surface area is 55.5 Å². The first kappa shape index (κ1) is 8.88. The van der Waals surface area contributed by atoms with Gasteiger partial charge in [0.1, 0.15) is 0 Å². The van der Waals surface area contributed by atoms with Gasteiger partial charge in [-0.3, -0.25) is 0 Å². The van der Waals surface area contributed by atoms with Gasteiger partial charge in [-0.1, -0.05) is 13.8 Å². The minimum Gasteiger partial charge on any atom is -0.365 e. The van der Waals surface area contributed by atoms with E-state index in [4.69, 9.17) is 5.11 Å². The summed E-state index contributed by atoms with van der Waals surface area (Å²) in [6, 6.07) is 0. The lowest BCUT2D eigenvalue weighted by Gasteiger charge is -2.12. The van der Waals surface area contributed by atoms with E-state index in [0.717, 1.165) is 0 Å². The molecule has 3 nitrogen and oxygen atoms in total.